The van der Waals surface area contributed by atoms with Crippen LogP contribution in [0.15, 0.2) is 84.9 Å². The Balaban J connectivity index is 1.19. The van der Waals surface area contributed by atoms with Crippen molar-refractivity contribution < 1.29 is 4.74 Å². The smallest absolute Gasteiger partial charge is 0.127 e. The van der Waals surface area contributed by atoms with Crippen LogP contribution in [0.25, 0.3) is 11.1 Å². The SMILES string of the molecule is c1ccc(CN2CCC(NCCOc3ccccc3-c3ccccc3)CC2)cc1. The predicted octanol–water partition coefficient (Wildman–Crippen LogP) is 4.99. The van der Waals surface area contributed by atoms with Gasteiger partial charge in [-0.3, -0.25) is 4.90 Å². The van der Waals surface area contributed by atoms with Crippen LogP contribution < -0.4 is 10.1 Å². The summed E-state index contributed by atoms with van der Waals surface area (Å²) in [5.74, 6) is 0.957. The number of nitrogens with zero attached hydrogens (tertiary/aromatic N) is 1. The molecule has 3 nitrogen and oxygen atoms in total. The molecule has 4 rings (SSSR count). The molecule has 0 unspecified atom stereocenters. The molecule has 3 heteroatoms. The highest BCUT2D eigenvalue weighted by molar-refractivity contribution is 5.70. The first-order valence-corrected chi connectivity index (χ1v) is 10.7. The Morgan fingerprint density at radius 2 is 1.45 bits per heavy atom. The molecule has 0 radical (unpaired) electrons. The number of piperidine rings is 1. The van der Waals surface area contributed by atoms with Gasteiger partial charge in [0.25, 0.3) is 0 Å². The zero-order valence-corrected chi connectivity index (χ0v) is 17.0. The van der Waals surface area contributed by atoms with Gasteiger partial charge in [0.15, 0.2) is 0 Å². The van der Waals surface area contributed by atoms with Crippen molar-refractivity contribution in [3.05, 3.63) is 90.5 Å². The van der Waals surface area contributed by atoms with Gasteiger partial charge in [-0.25, -0.2) is 0 Å². The summed E-state index contributed by atoms with van der Waals surface area (Å²) in [6.07, 6.45) is 2.40. The van der Waals surface area contributed by atoms with Crippen LogP contribution >= 0.6 is 0 Å². The number of hydrogen-bond donors (Lipinski definition) is 1. The van der Waals surface area contributed by atoms with Crippen molar-refractivity contribution in [2.24, 2.45) is 0 Å². The van der Waals surface area contributed by atoms with Crippen molar-refractivity contribution >= 4 is 0 Å². The van der Waals surface area contributed by atoms with Gasteiger partial charge in [-0.1, -0.05) is 78.9 Å². The standard InChI is InChI=1S/C26H30N2O/c1-3-9-22(10-4-1)21-28-18-15-24(16-19-28)27-17-20-29-26-14-8-7-13-25(26)23-11-5-2-6-12-23/h1-14,24,27H,15-21H2. The summed E-state index contributed by atoms with van der Waals surface area (Å²) in [4.78, 5) is 2.56. The third-order valence-corrected chi connectivity index (χ3v) is 5.60. The third-order valence-electron chi connectivity index (χ3n) is 5.60. The molecule has 1 aliphatic heterocycles. The number of hydrogen-bond acceptors (Lipinski definition) is 3. The molecule has 3 aromatic rings. The Morgan fingerprint density at radius 3 is 2.21 bits per heavy atom. The average molecular weight is 387 g/mol. The van der Waals surface area contributed by atoms with Gasteiger partial charge in [0.1, 0.15) is 12.4 Å². The Hall–Kier alpha value is -2.62. The molecule has 1 N–H and O–H groups in total. The van der Waals surface area contributed by atoms with Crippen molar-refractivity contribution in [3.8, 4) is 16.9 Å². The normalized spacial score (nSPS) is 15.3. The van der Waals surface area contributed by atoms with Crippen LogP contribution in [0.1, 0.15) is 18.4 Å². The zero-order chi connectivity index (χ0) is 19.7. The lowest BCUT2D eigenvalue weighted by atomic mass is 10.0. The highest BCUT2D eigenvalue weighted by atomic mass is 16.5. The van der Waals surface area contributed by atoms with Gasteiger partial charge in [0, 0.05) is 24.7 Å². The van der Waals surface area contributed by atoms with Crippen LogP contribution in [0.2, 0.25) is 0 Å². The molecule has 0 atom stereocenters. The lowest BCUT2D eigenvalue weighted by molar-refractivity contribution is 0.186. The molecule has 3 aromatic carbocycles. The Kier molecular flexibility index (Phi) is 6.95. The Labute approximate surface area is 174 Å². The Bertz CT molecular complexity index is 858. The van der Waals surface area contributed by atoms with Crippen molar-refractivity contribution in [1.82, 2.24) is 10.2 Å². The highest BCUT2D eigenvalue weighted by Gasteiger charge is 2.18. The minimum atomic E-state index is 0.593. The van der Waals surface area contributed by atoms with Crippen LogP contribution in [0.4, 0.5) is 0 Å². The van der Waals surface area contributed by atoms with Crippen molar-refractivity contribution in [3.63, 3.8) is 0 Å². The van der Waals surface area contributed by atoms with E-state index in [1.165, 1.54) is 24.0 Å². The van der Waals surface area contributed by atoms with Crippen molar-refractivity contribution in [2.45, 2.75) is 25.4 Å². The molecule has 1 aliphatic rings. The van der Waals surface area contributed by atoms with Crippen LogP contribution in [-0.4, -0.2) is 37.2 Å². The van der Waals surface area contributed by atoms with E-state index in [9.17, 15) is 0 Å². The molecule has 1 fully saturated rings. The molecule has 150 valence electrons. The lowest BCUT2D eigenvalue weighted by Crippen LogP contribution is -2.43. The van der Waals surface area contributed by atoms with Gasteiger partial charge < -0.3 is 10.1 Å². The molecule has 1 saturated heterocycles. The maximum atomic E-state index is 6.11. The zero-order valence-electron chi connectivity index (χ0n) is 17.0. The minimum Gasteiger partial charge on any atom is -0.492 e. The quantitative estimate of drug-likeness (QED) is 0.552. The van der Waals surface area contributed by atoms with Crippen LogP contribution in [-0.2, 0) is 6.54 Å². The summed E-state index contributed by atoms with van der Waals surface area (Å²) in [7, 11) is 0. The largest absolute Gasteiger partial charge is 0.492 e. The number of ether oxygens (including phenoxy) is 1. The van der Waals surface area contributed by atoms with Crippen molar-refractivity contribution in [2.75, 3.05) is 26.2 Å². The summed E-state index contributed by atoms with van der Waals surface area (Å²) in [5.41, 5.74) is 3.76. The molecule has 0 amide bonds. The molecule has 29 heavy (non-hydrogen) atoms. The van der Waals surface area contributed by atoms with E-state index < -0.39 is 0 Å². The van der Waals surface area contributed by atoms with Gasteiger partial charge in [0.2, 0.25) is 0 Å². The molecule has 0 aromatic heterocycles. The first-order chi connectivity index (χ1) is 14.4. The monoisotopic (exact) mass is 386 g/mol. The molecule has 1 heterocycles. The predicted molar refractivity (Wildman–Crippen MR) is 120 cm³/mol. The Morgan fingerprint density at radius 1 is 0.793 bits per heavy atom. The number of benzene rings is 3. The van der Waals surface area contributed by atoms with Gasteiger partial charge in [-0.05, 0) is 43.1 Å². The summed E-state index contributed by atoms with van der Waals surface area (Å²) in [5, 5.41) is 3.68. The molecular formula is C26H30N2O. The molecular weight excluding hydrogens is 356 g/mol. The molecule has 0 spiro atoms. The second-order valence-corrected chi connectivity index (χ2v) is 7.70. The topological polar surface area (TPSA) is 24.5 Å². The number of likely N-dealkylation sites (tertiary alicyclic amines) is 1. The highest BCUT2D eigenvalue weighted by Crippen LogP contribution is 2.29. The van der Waals surface area contributed by atoms with Crippen LogP contribution in [0.5, 0.6) is 5.75 Å². The van der Waals surface area contributed by atoms with E-state index in [-0.39, 0.29) is 0 Å². The molecule has 0 saturated carbocycles. The number of rotatable bonds is 8. The lowest BCUT2D eigenvalue weighted by Gasteiger charge is -2.32. The fourth-order valence-electron chi connectivity index (χ4n) is 4.01. The van der Waals surface area contributed by atoms with E-state index in [1.807, 2.05) is 12.1 Å². The van der Waals surface area contributed by atoms with E-state index >= 15 is 0 Å². The fraction of sp³-hybridized carbons (Fsp3) is 0.308. The van der Waals surface area contributed by atoms with Gasteiger partial charge >= 0.3 is 0 Å². The van der Waals surface area contributed by atoms with Gasteiger partial charge in [-0.2, -0.15) is 0 Å². The summed E-state index contributed by atoms with van der Waals surface area (Å²) < 4.78 is 6.11. The minimum absolute atomic E-state index is 0.593. The summed E-state index contributed by atoms with van der Waals surface area (Å²) >= 11 is 0. The maximum absolute atomic E-state index is 6.11. The maximum Gasteiger partial charge on any atom is 0.127 e. The molecule has 0 bridgehead atoms. The van der Waals surface area contributed by atoms with Gasteiger partial charge in [-0.15, -0.1) is 0 Å². The van der Waals surface area contributed by atoms with E-state index in [0.717, 1.165) is 37.5 Å². The second-order valence-electron chi connectivity index (χ2n) is 7.70. The van der Waals surface area contributed by atoms with Crippen LogP contribution in [0.3, 0.4) is 0 Å². The first kappa shape index (κ1) is 19.7. The number of para-hydroxylation sites is 1. The molecule has 0 aliphatic carbocycles. The number of nitrogens with one attached hydrogen (secondary N) is 1. The van der Waals surface area contributed by atoms with E-state index in [2.05, 4.69) is 83.0 Å². The van der Waals surface area contributed by atoms with Crippen molar-refractivity contribution in [1.29, 1.82) is 0 Å². The van der Waals surface area contributed by atoms with E-state index in [1.54, 1.807) is 0 Å². The average Bonchev–Trinajstić information content (AvgIpc) is 2.79. The summed E-state index contributed by atoms with van der Waals surface area (Å²) in [6, 6.07) is 30.1. The van der Waals surface area contributed by atoms with Crippen LogP contribution in [0, 0.1) is 0 Å². The van der Waals surface area contributed by atoms with Gasteiger partial charge in [0.05, 0.1) is 0 Å². The first-order valence-electron chi connectivity index (χ1n) is 10.7. The summed E-state index contributed by atoms with van der Waals surface area (Å²) in [6.45, 7) is 4.95. The second kappa shape index (κ2) is 10.2. The van der Waals surface area contributed by atoms with E-state index in [4.69, 9.17) is 4.74 Å². The van der Waals surface area contributed by atoms with E-state index in [0.29, 0.717) is 12.6 Å². The fourth-order valence-corrected chi connectivity index (χ4v) is 4.01. The third kappa shape index (κ3) is 5.69.